The fourth-order valence-electron chi connectivity index (χ4n) is 3.86. The normalized spacial score (nSPS) is 16.5. The summed E-state index contributed by atoms with van der Waals surface area (Å²) >= 11 is 7.80. The van der Waals surface area contributed by atoms with Crippen molar-refractivity contribution in [2.75, 3.05) is 6.54 Å². The summed E-state index contributed by atoms with van der Waals surface area (Å²) in [4.78, 5) is 16.1. The first-order chi connectivity index (χ1) is 14.9. The van der Waals surface area contributed by atoms with Gasteiger partial charge in [0.1, 0.15) is 0 Å². The van der Waals surface area contributed by atoms with Crippen molar-refractivity contribution in [2.45, 2.75) is 36.7 Å². The topological polar surface area (TPSA) is 66.5 Å². The van der Waals surface area contributed by atoms with Gasteiger partial charge in [-0.1, -0.05) is 41.9 Å². The van der Waals surface area contributed by atoms with Crippen LogP contribution in [0.1, 0.15) is 33.6 Å². The van der Waals surface area contributed by atoms with E-state index >= 15 is 0 Å². The molecule has 0 aliphatic carbocycles. The van der Waals surface area contributed by atoms with Gasteiger partial charge in [0, 0.05) is 34.6 Å². The Hall–Kier alpha value is -2.19. The number of sulfonamides is 1. The first kappa shape index (κ1) is 22.0. The van der Waals surface area contributed by atoms with Crippen molar-refractivity contribution in [3.63, 3.8) is 0 Å². The van der Waals surface area contributed by atoms with Crippen molar-refractivity contribution in [1.82, 2.24) is 9.62 Å². The first-order valence-corrected chi connectivity index (χ1v) is 12.8. The summed E-state index contributed by atoms with van der Waals surface area (Å²) in [6, 6.07) is 17.7. The maximum absolute atomic E-state index is 13.2. The molecule has 0 saturated carbocycles. The molecule has 1 atom stereocenters. The summed E-state index contributed by atoms with van der Waals surface area (Å²) in [6.45, 7) is 0.881. The van der Waals surface area contributed by atoms with E-state index in [1.54, 1.807) is 12.1 Å². The van der Waals surface area contributed by atoms with Crippen molar-refractivity contribution in [3.8, 4) is 0 Å². The van der Waals surface area contributed by atoms with Crippen LogP contribution in [0.15, 0.2) is 70.9 Å². The second-order valence-electron chi connectivity index (χ2n) is 7.52. The third-order valence-electron chi connectivity index (χ3n) is 5.46. The molecule has 0 bridgehead atoms. The van der Waals surface area contributed by atoms with Gasteiger partial charge >= 0.3 is 0 Å². The standard InChI is InChI=1S/C23H23ClN2O3S2/c24-22-11-2-1-6-17(22)14-19-8-4-12-26(19)23(27)18-7-3-10-21(15-18)31(28,29)25-16-20-9-5-13-30-20/h1-3,5-7,9-11,13,15,19,25H,4,8,12,14,16H2. The maximum atomic E-state index is 13.2. The number of carbonyl (C=O) groups excluding carboxylic acids is 1. The highest BCUT2D eigenvalue weighted by atomic mass is 35.5. The average Bonchev–Trinajstić information content (AvgIpc) is 3.46. The fourth-order valence-corrected chi connectivity index (χ4v) is 5.86. The van der Waals surface area contributed by atoms with Crippen LogP contribution in [0.5, 0.6) is 0 Å². The van der Waals surface area contributed by atoms with Gasteiger partial charge in [0.05, 0.1) is 4.90 Å². The van der Waals surface area contributed by atoms with Crippen LogP contribution in [-0.2, 0) is 23.0 Å². The molecule has 1 aromatic heterocycles. The van der Waals surface area contributed by atoms with Crippen LogP contribution >= 0.6 is 22.9 Å². The molecule has 1 aliphatic heterocycles. The van der Waals surface area contributed by atoms with Crippen LogP contribution in [0.3, 0.4) is 0 Å². The minimum absolute atomic E-state index is 0.0459. The predicted molar refractivity (Wildman–Crippen MR) is 124 cm³/mol. The molecule has 2 heterocycles. The number of hydrogen-bond acceptors (Lipinski definition) is 4. The van der Waals surface area contributed by atoms with Crippen LogP contribution in [0.2, 0.25) is 5.02 Å². The Labute approximate surface area is 191 Å². The van der Waals surface area contributed by atoms with Crippen LogP contribution in [0, 0.1) is 0 Å². The molecular weight excluding hydrogens is 452 g/mol. The lowest BCUT2D eigenvalue weighted by atomic mass is 10.0. The van der Waals surface area contributed by atoms with Crippen molar-refractivity contribution in [1.29, 1.82) is 0 Å². The monoisotopic (exact) mass is 474 g/mol. The van der Waals surface area contributed by atoms with Crippen molar-refractivity contribution < 1.29 is 13.2 Å². The molecule has 1 N–H and O–H groups in total. The lowest BCUT2D eigenvalue weighted by molar-refractivity contribution is 0.0736. The largest absolute Gasteiger partial charge is 0.335 e. The Morgan fingerprint density at radius 3 is 2.74 bits per heavy atom. The molecule has 31 heavy (non-hydrogen) atoms. The molecule has 162 valence electrons. The van der Waals surface area contributed by atoms with E-state index < -0.39 is 10.0 Å². The zero-order chi connectivity index (χ0) is 21.8. The third kappa shape index (κ3) is 5.18. The highest BCUT2D eigenvalue weighted by Crippen LogP contribution is 2.27. The molecule has 3 aromatic rings. The highest BCUT2D eigenvalue weighted by molar-refractivity contribution is 7.89. The molecule has 1 unspecified atom stereocenters. The van der Waals surface area contributed by atoms with Gasteiger partial charge in [0.15, 0.2) is 0 Å². The van der Waals surface area contributed by atoms with Crippen LogP contribution in [0.25, 0.3) is 0 Å². The zero-order valence-electron chi connectivity index (χ0n) is 16.8. The Balaban J connectivity index is 1.50. The highest BCUT2D eigenvalue weighted by Gasteiger charge is 2.30. The molecule has 5 nitrogen and oxygen atoms in total. The number of halogens is 1. The van der Waals surface area contributed by atoms with Crippen molar-refractivity contribution >= 4 is 38.9 Å². The predicted octanol–water partition coefficient (Wildman–Crippen LogP) is 4.73. The molecular formula is C23H23ClN2O3S2. The molecule has 0 radical (unpaired) electrons. The molecule has 4 rings (SSSR count). The summed E-state index contributed by atoms with van der Waals surface area (Å²) in [5.74, 6) is -0.148. The number of likely N-dealkylation sites (tertiary alicyclic amines) is 1. The van der Waals surface area contributed by atoms with E-state index in [9.17, 15) is 13.2 Å². The minimum atomic E-state index is -3.72. The Morgan fingerprint density at radius 2 is 1.97 bits per heavy atom. The average molecular weight is 475 g/mol. The Kier molecular flexibility index (Phi) is 6.77. The van der Waals surface area contributed by atoms with Crippen LogP contribution in [-0.4, -0.2) is 31.8 Å². The quantitative estimate of drug-likeness (QED) is 0.538. The van der Waals surface area contributed by atoms with Gasteiger partial charge in [-0.2, -0.15) is 0 Å². The first-order valence-electron chi connectivity index (χ1n) is 10.1. The van der Waals surface area contributed by atoms with Gasteiger partial charge in [-0.15, -0.1) is 11.3 Å². The number of thiophene rings is 1. The second-order valence-corrected chi connectivity index (χ2v) is 10.7. The number of nitrogens with zero attached hydrogens (tertiary/aromatic N) is 1. The molecule has 1 saturated heterocycles. The van der Waals surface area contributed by atoms with E-state index in [1.807, 2.05) is 46.7 Å². The second kappa shape index (κ2) is 9.53. The SMILES string of the molecule is O=C(c1cccc(S(=O)(=O)NCc2cccs2)c1)N1CCCC1Cc1ccccc1Cl. The van der Waals surface area contributed by atoms with E-state index in [0.29, 0.717) is 23.6 Å². The number of carbonyl (C=O) groups is 1. The maximum Gasteiger partial charge on any atom is 0.254 e. The van der Waals surface area contributed by atoms with E-state index in [4.69, 9.17) is 11.6 Å². The lowest BCUT2D eigenvalue weighted by Crippen LogP contribution is -2.37. The van der Waals surface area contributed by atoms with Gasteiger partial charge in [0.2, 0.25) is 10.0 Å². The molecule has 0 spiro atoms. The Morgan fingerprint density at radius 1 is 1.13 bits per heavy atom. The summed E-state index contributed by atoms with van der Waals surface area (Å²) in [5.41, 5.74) is 1.40. The van der Waals surface area contributed by atoms with Crippen LogP contribution < -0.4 is 4.72 Å². The molecule has 8 heteroatoms. The number of hydrogen-bond donors (Lipinski definition) is 1. The lowest BCUT2D eigenvalue weighted by Gasteiger charge is -2.25. The summed E-state index contributed by atoms with van der Waals surface area (Å²) < 4.78 is 28.0. The number of rotatable bonds is 7. The minimum Gasteiger partial charge on any atom is -0.335 e. The molecule has 1 aliphatic rings. The smallest absolute Gasteiger partial charge is 0.254 e. The molecule has 1 fully saturated rings. The van der Waals surface area contributed by atoms with Gasteiger partial charge in [-0.25, -0.2) is 13.1 Å². The number of nitrogens with one attached hydrogen (secondary N) is 1. The van der Waals surface area contributed by atoms with Gasteiger partial charge < -0.3 is 4.90 Å². The van der Waals surface area contributed by atoms with Crippen molar-refractivity contribution in [2.24, 2.45) is 0 Å². The van der Waals surface area contributed by atoms with E-state index in [1.165, 1.54) is 23.5 Å². The third-order valence-corrected chi connectivity index (χ3v) is 8.10. The number of benzene rings is 2. The van der Waals surface area contributed by atoms with Gasteiger partial charge in [-0.3, -0.25) is 4.79 Å². The van der Waals surface area contributed by atoms with Gasteiger partial charge in [-0.05, 0) is 60.5 Å². The Bertz CT molecular complexity index is 1160. The van der Waals surface area contributed by atoms with E-state index in [2.05, 4.69) is 4.72 Å². The van der Waals surface area contributed by atoms with Crippen LogP contribution in [0.4, 0.5) is 0 Å². The van der Waals surface area contributed by atoms with Crippen molar-refractivity contribution in [3.05, 3.63) is 87.1 Å². The summed E-state index contributed by atoms with van der Waals surface area (Å²) in [5, 5.41) is 2.60. The number of amides is 1. The zero-order valence-corrected chi connectivity index (χ0v) is 19.2. The fraction of sp³-hybridized carbons (Fsp3) is 0.261. The van der Waals surface area contributed by atoms with E-state index in [0.717, 1.165) is 23.3 Å². The van der Waals surface area contributed by atoms with E-state index in [-0.39, 0.29) is 23.4 Å². The van der Waals surface area contributed by atoms with Gasteiger partial charge in [0.25, 0.3) is 5.91 Å². The summed E-state index contributed by atoms with van der Waals surface area (Å²) in [7, 11) is -3.72. The molecule has 1 amide bonds. The molecule has 2 aromatic carbocycles. The summed E-state index contributed by atoms with van der Waals surface area (Å²) in [6.07, 6.45) is 2.50.